The Balaban J connectivity index is 5.22. The van der Waals surface area contributed by atoms with E-state index >= 15 is 0 Å². The largest absolute Gasteiger partial charge is 0.472 e. The molecule has 70 heavy (non-hydrogen) atoms. The van der Waals surface area contributed by atoms with Crippen LogP contribution in [-0.4, -0.2) is 74.3 Å². The molecule has 0 radical (unpaired) electrons. The van der Waals surface area contributed by atoms with Crippen molar-refractivity contribution in [2.75, 3.05) is 40.9 Å². The molecule has 0 bridgehead atoms. The number of phosphoric ester groups is 1. The minimum atomic E-state index is -4.44. The molecular formula is C60H116N2O7P+. The zero-order valence-corrected chi connectivity index (χ0v) is 47.9. The van der Waals surface area contributed by atoms with Gasteiger partial charge in [0.05, 0.1) is 33.8 Å². The van der Waals surface area contributed by atoms with Crippen molar-refractivity contribution in [3.05, 3.63) is 36.5 Å². The first kappa shape index (κ1) is 68.2. The first-order valence-electron chi connectivity index (χ1n) is 29.8. The van der Waals surface area contributed by atoms with E-state index in [0.29, 0.717) is 17.4 Å². The molecule has 0 aliphatic heterocycles. The maximum absolute atomic E-state index is 13.5. The minimum absolute atomic E-state index is 0.0410. The van der Waals surface area contributed by atoms with Gasteiger partial charge in [-0.1, -0.05) is 250 Å². The summed E-state index contributed by atoms with van der Waals surface area (Å²) in [7, 11) is 1.50. The Hall–Kier alpha value is -1.77. The first-order chi connectivity index (χ1) is 33.9. The van der Waals surface area contributed by atoms with Crippen LogP contribution in [0.15, 0.2) is 36.5 Å². The highest BCUT2D eigenvalue weighted by molar-refractivity contribution is 7.47. The topological polar surface area (TPSA) is 111 Å². The number of quaternary nitrogens is 1. The van der Waals surface area contributed by atoms with E-state index in [4.69, 9.17) is 13.8 Å². The Morgan fingerprint density at radius 3 is 1.36 bits per heavy atom. The fourth-order valence-electron chi connectivity index (χ4n) is 8.74. The number of likely N-dealkylation sites (N-methyl/N-ethyl adjacent to an activating group) is 1. The van der Waals surface area contributed by atoms with Crippen LogP contribution in [0.5, 0.6) is 0 Å². The second-order valence-electron chi connectivity index (χ2n) is 21.5. The van der Waals surface area contributed by atoms with Crippen molar-refractivity contribution >= 4 is 19.7 Å². The molecule has 0 saturated carbocycles. The van der Waals surface area contributed by atoms with E-state index in [0.717, 1.165) is 83.5 Å². The molecule has 0 aliphatic carbocycles. The number of esters is 1. The molecule has 3 atom stereocenters. The van der Waals surface area contributed by atoms with Gasteiger partial charge in [0.15, 0.2) is 0 Å². The van der Waals surface area contributed by atoms with Crippen LogP contribution in [-0.2, 0) is 27.9 Å². The smallest absolute Gasteiger partial charge is 0.456 e. The number of amides is 1. The van der Waals surface area contributed by atoms with E-state index < -0.39 is 20.0 Å². The van der Waals surface area contributed by atoms with Crippen LogP contribution in [0, 0.1) is 0 Å². The van der Waals surface area contributed by atoms with Gasteiger partial charge in [-0.15, -0.1) is 0 Å². The first-order valence-corrected chi connectivity index (χ1v) is 31.3. The third-order valence-corrected chi connectivity index (χ3v) is 14.3. The van der Waals surface area contributed by atoms with Gasteiger partial charge >= 0.3 is 13.8 Å². The zero-order chi connectivity index (χ0) is 51.5. The maximum Gasteiger partial charge on any atom is 0.472 e. The number of rotatable bonds is 54. The van der Waals surface area contributed by atoms with Gasteiger partial charge in [-0.05, 0) is 57.4 Å². The van der Waals surface area contributed by atoms with Gasteiger partial charge in [-0.25, -0.2) is 4.57 Å². The summed E-state index contributed by atoms with van der Waals surface area (Å²) < 4.78 is 30.6. The molecule has 9 nitrogen and oxygen atoms in total. The summed E-state index contributed by atoms with van der Waals surface area (Å²) in [5, 5.41) is 3.05. The van der Waals surface area contributed by atoms with Crippen molar-refractivity contribution in [1.29, 1.82) is 0 Å². The second kappa shape index (κ2) is 50.7. The molecule has 0 rings (SSSR count). The number of allylic oxidation sites excluding steroid dienone is 5. The van der Waals surface area contributed by atoms with Crippen molar-refractivity contribution in [2.45, 2.75) is 296 Å². The standard InChI is InChI=1S/C60H115N2O7P/c1-7-10-13-16-19-22-25-27-29-30-31-32-33-34-37-40-43-46-49-52-59(63)61-57(56-68-70(65,66)67-55-54-62(4,5)6)58(51-48-45-42-39-36-24-21-18-15-12-9-3)69-60(64)53-50-47-44-41-38-35-28-26-23-20-17-14-11-8-2/h11,14,20,23,48,51,57-58H,7-10,12-13,15-19,21-22,24-47,49-50,52-56H2,1-6H3,(H-,61,63,65,66)/p+1/b14-11+,23-20+,51-48+. The number of carbonyl (C=O) groups is 2. The van der Waals surface area contributed by atoms with Gasteiger partial charge in [0.1, 0.15) is 19.3 Å². The van der Waals surface area contributed by atoms with E-state index in [-0.39, 0.29) is 31.5 Å². The van der Waals surface area contributed by atoms with Gasteiger partial charge in [-0.2, -0.15) is 0 Å². The third kappa shape index (κ3) is 51.1. The fourth-order valence-corrected chi connectivity index (χ4v) is 9.48. The van der Waals surface area contributed by atoms with Gasteiger partial charge in [0.25, 0.3) is 0 Å². The fraction of sp³-hybridized carbons (Fsp3) is 0.867. The number of ether oxygens (including phenoxy) is 1. The highest BCUT2D eigenvalue weighted by Crippen LogP contribution is 2.43. The molecule has 0 aliphatic rings. The molecule has 0 fully saturated rings. The lowest BCUT2D eigenvalue weighted by Gasteiger charge is -2.27. The van der Waals surface area contributed by atoms with Crippen LogP contribution < -0.4 is 5.32 Å². The Labute approximate surface area is 434 Å². The molecular weight excluding hydrogens is 892 g/mol. The van der Waals surface area contributed by atoms with Gasteiger partial charge in [0, 0.05) is 12.8 Å². The van der Waals surface area contributed by atoms with Crippen molar-refractivity contribution in [3.63, 3.8) is 0 Å². The summed E-state index contributed by atoms with van der Waals surface area (Å²) in [5.74, 6) is -0.504. The molecule has 3 unspecified atom stereocenters. The predicted molar refractivity (Wildman–Crippen MR) is 300 cm³/mol. The van der Waals surface area contributed by atoms with Crippen LogP contribution in [0.3, 0.4) is 0 Å². The lowest BCUT2D eigenvalue weighted by atomic mass is 10.0. The Bertz CT molecular complexity index is 1300. The predicted octanol–water partition coefficient (Wildman–Crippen LogP) is 17.9. The van der Waals surface area contributed by atoms with Crippen molar-refractivity contribution in [2.24, 2.45) is 0 Å². The lowest BCUT2D eigenvalue weighted by molar-refractivity contribution is -0.870. The van der Waals surface area contributed by atoms with Crippen molar-refractivity contribution in [1.82, 2.24) is 5.32 Å². The molecule has 0 saturated heterocycles. The zero-order valence-electron chi connectivity index (χ0n) is 47.0. The monoisotopic (exact) mass is 1010 g/mol. The summed E-state index contributed by atoms with van der Waals surface area (Å²) in [6, 6.07) is -0.846. The Morgan fingerprint density at radius 2 is 0.914 bits per heavy atom. The molecule has 10 heteroatoms. The summed E-state index contributed by atoms with van der Waals surface area (Å²) in [6.45, 7) is 6.92. The van der Waals surface area contributed by atoms with Crippen LogP contribution >= 0.6 is 7.82 Å². The molecule has 412 valence electrons. The maximum atomic E-state index is 13.5. The summed E-state index contributed by atoms with van der Waals surface area (Å²) in [6.07, 6.45) is 60.0. The van der Waals surface area contributed by atoms with E-state index in [2.05, 4.69) is 50.4 Å². The number of nitrogens with one attached hydrogen (secondary N) is 1. The molecule has 0 spiro atoms. The van der Waals surface area contributed by atoms with E-state index in [9.17, 15) is 19.0 Å². The number of hydrogen-bond acceptors (Lipinski definition) is 6. The summed E-state index contributed by atoms with van der Waals surface area (Å²) in [5.41, 5.74) is 0. The van der Waals surface area contributed by atoms with Crippen molar-refractivity contribution < 1.29 is 37.3 Å². The highest BCUT2D eigenvalue weighted by Gasteiger charge is 2.30. The number of unbranched alkanes of at least 4 members (excludes halogenated alkanes) is 34. The SMILES string of the molecule is CC/C=C/C/C=C/CCCCCCCCCC(=O)OC(/C=C/CCCCCCCCCCC)C(COP(=O)(O)OCC[N+](C)(C)C)NC(=O)CCCCCCCCCCCCCCCCCCCCC. The Morgan fingerprint density at radius 1 is 0.514 bits per heavy atom. The molecule has 1 amide bonds. The van der Waals surface area contributed by atoms with Crippen LogP contribution in [0.25, 0.3) is 0 Å². The van der Waals surface area contributed by atoms with E-state index in [1.807, 2.05) is 33.3 Å². The van der Waals surface area contributed by atoms with E-state index in [1.165, 1.54) is 167 Å². The average Bonchev–Trinajstić information content (AvgIpc) is 3.32. The number of nitrogens with zero attached hydrogens (tertiary/aromatic N) is 1. The van der Waals surface area contributed by atoms with Gasteiger partial charge < -0.3 is 19.4 Å². The second-order valence-corrected chi connectivity index (χ2v) is 23.0. The van der Waals surface area contributed by atoms with Crippen molar-refractivity contribution in [3.8, 4) is 0 Å². The quantitative estimate of drug-likeness (QED) is 0.0205. The summed E-state index contributed by atoms with van der Waals surface area (Å²) >= 11 is 0. The Kier molecular flexibility index (Phi) is 49.5. The molecule has 0 aromatic rings. The van der Waals surface area contributed by atoms with Crippen LogP contribution in [0.1, 0.15) is 284 Å². The summed E-state index contributed by atoms with van der Waals surface area (Å²) in [4.78, 5) is 37.6. The highest BCUT2D eigenvalue weighted by atomic mass is 31.2. The molecule has 0 heterocycles. The average molecular weight is 1010 g/mol. The van der Waals surface area contributed by atoms with Crippen LogP contribution in [0.4, 0.5) is 0 Å². The molecule has 0 aromatic heterocycles. The van der Waals surface area contributed by atoms with Gasteiger partial charge in [-0.3, -0.25) is 18.6 Å². The lowest BCUT2D eigenvalue weighted by Crippen LogP contribution is -2.47. The molecule has 0 aromatic carbocycles. The molecule has 2 N–H and O–H groups in total. The minimum Gasteiger partial charge on any atom is -0.456 e. The number of hydrogen-bond donors (Lipinski definition) is 2. The normalized spacial score (nSPS) is 14.0. The number of carbonyl (C=O) groups excluding carboxylic acids is 2. The number of phosphoric acid groups is 1. The van der Waals surface area contributed by atoms with Crippen LogP contribution in [0.2, 0.25) is 0 Å². The third-order valence-electron chi connectivity index (χ3n) is 13.3. The van der Waals surface area contributed by atoms with Gasteiger partial charge in [0.2, 0.25) is 5.91 Å². The van der Waals surface area contributed by atoms with E-state index in [1.54, 1.807) is 0 Å².